The Labute approximate surface area is 230 Å². The number of halogens is 1. The first-order chi connectivity index (χ1) is 18.5. The molecule has 0 spiro atoms. The van der Waals surface area contributed by atoms with Crippen molar-refractivity contribution in [1.29, 1.82) is 0 Å². The molecule has 0 aliphatic heterocycles. The van der Waals surface area contributed by atoms with Crippen molar-refractivity contribution in [2.24, 2.45) is 5.92 Å². The number of rotatable bonds is 12. The van der Waals surface area contributed by atoms with E-state index in [2.05, 4.69) is 5.32 Å². The molecule has 1 unspecified atom stereocenters. The molecular formula is C30H36FN3O4S. The summed E-state index contributed by atoms with van der Waals surface area (Å²) in [6, 6.07) is 20.5. The molecule has 2 amide bonds. The number of nitrogens with zero attached hydrogens (tertiary/aromatic N) is 2. The maximum Gasteiger partial charge on any atom is 0.243 e. The molecule has 0 saturated heterocycles. The normalized spacial score (nSPS) is 12.4. The molecule has 1 N–H and O–H groups in total. The fourth-order valence-corrected chi connectivity index (χ4v) is 5.14. The van der Waals surface area contributed by atoms with Crippen LogP contribution in [0.25, 0.3) is 0 Å². The number of benzene rings is 3. The van der Waals surface area contributed by atoms with Gasteiger partial charge < -0.3 is 10.2 Å². The second kappa shape index (κ2) is 13.5. The summed E-state index contributed by atoms with van der Waals surface area (Å²) in [6.07, 6.45) is 0.228. The summed E-state index contributed by atoms with van der Waals surface area (Å²) < 4.78 is 41.0. The molecule has 0 saturated carbocycles. The Bertz CT molecular complexity index is 1350. The van der Waals surface area contributed by atoms with Crippen molar-refractivity contribution in [1.82, 2.24) is 14.5 Å². The van der Waals surface area contributed by atoms with Gasteiger partial charge in [0.05, 0.1) is 11.4 Å². The van der Waals surface area contributed by atoms with E-state index >= 15 is 0 Å². The van der Waals surface area contributed by atoms with Crippen LogP contribution >= 0.6 is 0 Å². The van der Waals surface area contributed by atoms with Crippen molar-refractivity contribution >= 4 is 21.8 Å². The van der Waals surface area contributed by atoms with Gasteiger partial charge >= 0.3 is 0 Å². The molecule has 9 heteroatoms. The monoisotopic (exact) mass is 553 g/mol. The Kier molecular flexibility index (Phi) is 10.4. The van der Waals surface area contributed by atoms with E-state index in [1.807, 2.05) is 51.1 Å². The molecule has 0 bridgehead atoms. The number of aryl methyl sites for hydroxylation is 1. The molecule has 0 fully saturated rings. The van der Waals surface area contributed by atoms with Gasteiger partial charge in [-0.2, -0.15) is 4.31 Å². The summed E-state index contributed by atoms with van der Waals surface area (Å²) in [5.41, 5.74) is 2.37. The van der Waals surface area contributed by atoms with E-state index in [0.29, 0.717) is 12.1 Å². The van der Waals surface area contributed by atoms with Gasteiger partial charge in [-0.05, 0) is 48.2 Å². The minimum atomic E-state index is -3.95. The number of carbonyl (C=O) groups excluding carboxylic acids is 2. The Morgan fingerprint density at radius 3 is 2.10 bits per heavy atom. The highest BCUT2D eigenvalue weighted by Gasteiger charge is 2.33. The van der Waals surface area contributed by atoms with Gasteiger partial charge in [-0.15, -0.1) is 0 Å². The summed E-state index contributed by atoms with van der Waals surface area (Å²) in [5.74, 6) is -1.11. The maximum absolute atomic E-state index is 13.8. The van der Waals surface area contributed by atoms with Crippen molar-refractivity contribution in [3.63, 3.8) is 0 Å². The molecule has 7 nitrogen and oxygen atoms in total. The number of sulfonamides is 1. The van der Waals surface area contributed by atoms with Crippen molar-refractivity contribution < 1.29 is 22.4 Å². The smallest absolute Gasteiger partial charge is 0.243 e. The van der Waals surface area contributed by atoms with Gasteiger partial charge in [-0.1, -0.05) is 74.0 Å². The highest BCUT2D eigenvalue weighted by Crippen LogP contribution is 2.19. The molecular weight excluding hydrogens is 517 g/mol. The first-order valence-electron chi connectivity index (χ1n) is 12.9. The molecule has 3 aromatic carbocycles. The lowest BCUT2D eigenvalue weighted by Gasteiger charge is -2.33. The summed E-state index contributed by atoms with van der Waals surface area (Å²) in [4.78, 5) is 28.7. The number of likely N-dealkylation sites (N-methyl/N-ethyl adjacent to an activating group) is 1. The van der Waals surface area contributed by atoms with Crippen LogP contribution in [0.3, 0.4) is 0 Å². The van der Waals surface area contributed by atoms with Gasteiger partial charge in [0.1, 0.15) is 11.9 Å². The fourth-order valence-electron chi connectivity index (χ4n) is 4.02. The quantitative estimate of drug-likeness (QED) is 0.365. The predicted octanol–water partition coefficient (Wildman–Crippen LogP) is 4.17. The Morgan fingerprint density at radius 2 is 1.51 bits per heavy atom. The van der Waals surface area contributed by atoms with Crippen LogP contribution in [-0.2, 0) is 32.6 Å². The third kappa shape index (κ3) is 8.46. The summed E-state index contributed by atoms with van der Waals surface area (Å²) in [6.45, 7) is 5.75. The van der Waals surface area contributed by atoms with E-state index in [-0.39, 0.29) is 29.7 Å². The van der Waals surface area contributed by atoms with Gasteiger partial charge in [-0.25, -0.2) is 12.8 Å². The zero-order valence-electron chi connectivity index (χ0n) is 22.8. The van der Waals surface area contributed by atoms with Crippen LogP contribution in [0.15, 0.2) is 83.8 Å². The largest absolute Gasteiger partial charge is 0.354 e. The van der Waals surface area contributed by atoms with E-state index in [0.717, 1.165) is 15.4 Å². The molecule has 3 rings (SSSR count). The average molecular weight is 554 g/mol. The van der Waals surface area contributed by atoms with Crippen LogP contribution in [0.1, 0.15) is 30.5 Å². The first kappa shape index (κ1) is 30.0. The van der Waals surface area contributed by atoms with E-state index in [4.69, 9.17) is 0 Å². The highest BCUT2D eigenvalue weighted by atomic mass is 32.2. The SMILES string of the molecule is Cc1ccc(S(=O)(=O)N(C)CC(=O)N(Cc2ccc(F)cc2)C(Cc2ccccc2)C(=O)NCC(C)C)cc1. The van der Waals surface area contributed by atoms with Crippen LogP contribution in [0.4, 0.5) is 4.39 Å². The molecule has 1 atom stereocenters. The Morgan fingerprint density at radius 1 is 0.897 bits per heavy atom. The minimum absolute atomic E-state index is 0.00410. The van der Waals surface area contributed by atoms with Crippen LogP contribution in [-0.4, -0.2) is 55.6 Å². The lowest BCUT2D eigenvalue weighted by molar-refractivity contribution is -0.141. The van der Waals surface area contributed by atoms with Crippen molar-refractivity contribution in [3.05, 3.63) is 101 Å². The third-order valence-corrected chi connectivity index (χ3v) is 8.13. The van der Waals surface area contributed by atoms with E-state index < -0.39 is 34.3 Å². The topological polar surface area (TPSA) is 86.8 Å². The van der Waals surface area contributed by atoms with Gasteiger partial charge in [-0.3, -0.25) is 9.59 Å². The zero-order chi connectivity index (χ0) is 28.6. The van der Waals surface area contributed by atoms with Gasteiger partial charge in [0.25, 0.3) is 0 Å². The van der Waals surface area contributed by atoms with Crippen LogP contribution < -0.4 is 5.32 Å². The van der Waals surface area contributed by atoms with Gasteiger partial charge in [0.15, 0.2) is 0 Å². The number of hydrogen-bond donors (Lipinski definition) is 1. The molecule has 39 heavy (non-hydrogen) atoms. The van der Waals surface area contributed by atoms with Crippen LogP contribution in [0.5, 0.6) is 0 Å². The first-order valence-corrected chi connectivity index (χ1v) is 14.3. The van der Waals surface area contributed by atoms with Crippen LogP contribution in [0, 0.1) is 18.7 Å². The summed E-state index contributed by atoms with van der Waals surface area (Å²) in [7, 11) is -2.61. The molecule has 3 aromatic rings. The lowest BCUT2D eigenvalue weighted by Crippen LogP contribution is -2.53. The Balaban J connectivity index is 1.96. The predicted molar refractivity (Wildman–Crippen MR) is 150 cm³/mol. The summed E-state index contributed by atoms with van der Waals surface area (Å²) in [5, 5.41) is 2.92. The highest BCUT2D eigenvalue weighted by molar-refractivity contribution is 7.89. The van der Waals surface area contributed by atoms with Crippen molar-refractivity contribution in [2.45, 2.75) is 44.7 Å². The Hall–Kier alpha value is -3.56. The molecule has 0 radical (unpaired) electrons. The van der Waals surface area contributed by atoms with E-state index in [1.165, 1.54) is 36.2 Å². The van der Waals surface area contributed by atoms with Crippen molar-refractivity contribution in [2.75, 3.05) is 20.1 Å². The average Bonchev–Trinajstić information content (AvgIpc) is 2.91. The zero-order valence-corrected chi connectivity index (χ0v) is 23.6. The second-order valence-electron chi connectivity index (χ2n) is 10.1. The molecule has 0 aromatic heterocycles. The lowest BCUT2D eigenvalue weighted by atomic mass is 10.0. The van der Waals surface area contributed by atoms with E-state index in [1.54, 1.807) is 24.3 Å². The number of hydrogen-bond acceptors (Lipinski definition) is 4. The second-order valence-corrected chi connectivity index (χ2v) is 12.1. The van der Waals surface area contributed by atoms with Gasteiger partial charge in [0, 0.05) is 26.6 Å². The molecule has 0 aliphatic carbocycles. The molecule has 0 aliphatic rings. The minimum Gasteiger partial charge on any atom is -0.354 e. The molecule has 208 valence electrons. The standard InChI is InChI=1S/C30H36FN3O4S/c1-22(2)19-32-30(36)28(18-24-8-6-5-7-9-24)34(20-25-12-14-26(31)15-13-25)29(35)21-33(4)39(37,38)27-16-10-23(3)11-17-27/h5-17,22,28H,18-21H2,1-4H3,(H,32,36). The summed E-state index contributed by atoms with van der Waals surface area (Å²) >= 11 is 0. The number of carbonyl (C=O) groups is 2. The van der Waals surface area contributed by atoms with Gasteiger partial charge in [0.2, 0.25) is 21.8 Å². The number of amides is 2. The molecule has 0 heterocycles. The maximum atomic E-state index is 13.8. The van der Waals surface area contributed by atoms with Crippen molar-refractivity contribution in [3.8, 4) is 0 Å². The van der Waals surface area contributed by atoms with Crippen LogP contribution in [0.2, 0.25) is 0 Å². The third-order valence-electron chi connectivity index (χ3n) is 6.31. The number of nitrogens with one attached hydrogen (secondary N) is 1. The van der Waals surface area contributed by atoms with E-state index in [9.17, 15) is 22.4 Å². The fraction of sp³-hybridized carbons (Fsp3) is 0.333.